The van der Waals surface area contributed by atoms with Gasteiger partial charge in [0.25, 0.3) is 10.0 Å². The molecule has 0 saturated heterocycles. The number of nitrogens with zero attached hydrogens (tertiary/aromatic N) is 2. The summed E-state index contributed by atoms with van der Waals surface area (Å²) in [7, 11) is -4.09. The van der Waals surface area contributed by atoms with E-state index in [2.05, 4.69) is 5.32 Å². The SMILES string of the molecule is CCCCNC(=O)[C@H](C)N(Cc1ccccc1)C(=O)CN(c1ccc(Cl)cc1)S(=O)(=O)c1ccccc1. The van der Waals surface area contributed by atoms with Gasteiger partial charge >= 0.3 is 0 Å². The van der Waals surface area contributed by atoms with E-state index < -0.39 is 28.5 Å². The molecule has 3 rings (SSSR count). The number of halogens is 1. The van der Waals surface area contributed by atoms with Gasteiger partial charge in [0, 0.05) is 18.1 Å². The van der Waals surface area contributed by atoms with Crippen LogP contribution < -0.4 is 9.62 Å². The first-order valence-corrected chi connectivity index (χ1v) is 14.0. The van der Waals surface area contributed by atoms with E-state index in [0.29, 0.717) is 17.3 Å². The minimum absolute atomic E-state index is 0.0534. The monoisotopic (exact) mass is 541 g/mol. The van der Waals surface area contributed by atoms with Gasteiger partial charge < -0.3 is 10.2 Å². The summed E-state index contributed by atoms with van der Waals surface area (Å²) in [6.45, 7) is 3.85. The Hall–Kier alpha value is -3.36. The lowest BCUT2D eigenvalue weighted by Gasteiger charge is -2.32. The van der Waals surface area contributed by atoms with Crippen molar-refractivity contribution in [1.29, 1.82) is 0 Å². The molecule has 1 N–H and O–H groups in total. The number of anilines is 1. The highest BCUT2D eigenvalue weighted by atomic mass is 35.5. The van der Waals surface area contributed by atoms with E-state index in [1.165, 1.54) is 17.0 Å². The molecule has 0 aromatic heterocycles. The molecule has 0 unspecified atom stereocenters. The van der Waals surface area contributed by atoms with Crippen LogP contribution >= 0.6 is 11.6 Å². The van der Waals surface area contributed by atoms with Crippen LogP contribution in [0.3, 0.4) is 0 Å². The fourth-order valence-electron chi connectivity index (χ4n) is 3.75. The van der Waals surface area contributed by atoms with Crippen molar-refractivity contribution in [3.8, 4) is 0 Å². The molecule has 9 heteroatoms. The van der Waals surface area contributed by atoms with Gasteiger partial charge in [0.1, 0.15) is 12.6 Å². The minimum Gasteiger partial charge on any atom is -0.354 e. The molecular weight excluding hydrogens is 510 g/mol. The van der Waals surface area contributed by atoms with Gasteiger partial charge in [-0.15, -0.1) is 0 Å². The lowest BCUT2D eigenvalue weighted by molar-refractivity contribution is -0.139. The first kappa shape index (κ1) is 28.2. The standard InChI is InChI=1S/C28H32ClN3O4S/c1-3-4-19-30-28(34)22(2)31(20-23-11-7-5-8-12-23)27(33)21-32(25-17-15-24(29)16-18-25)37(35,36)26-13-9-6-10-14-26/h5-18,22H,3-4,19-21H2,1-2H3,(H,30,34)/t22-/m0/s1. The van der Waals surface area contributed by atoms with Crippen molar-refractivity contribution < 1.29 is 18.0 Å². The Balaban J connectivity index is 1.96. The molecule has 0 fully saturated rings. The molecule has 3 aromatic rings. The maximum absolute atomic E-state index is 13.8. The predicted octanol–water partition coefficient (Wildman–Crippen LogP) is 4.87. The topological polar surface area (TPSA) is 86.8 Å². The number of sulfonamides is 1. The van der Waals surface area contributed by atoms with Crippen LogP contribution in [-0.4, -0.2) is 44.3 Å². The largest absolute Gasteiger partial charge is 0.354 e. The number of nitrogens with one attached hydrogen (secondary N) is 1. The van der Waals surface area contributed by atoms with Crippen LogP contribution in [0, 0.1) is 0 Å². The van der Waals surface area contributed by atoms with Gasteiger partial charge in [-0.3, -0.25) is 13.9 Å². The molecule has 0 spiro atoms. The van der Waals surface area contributed by atoms with Crippen molar-refractivity contribution in [2.24, 2.45) is 0 Å². The molecule has 0 saturated carbocycles. The van der Waals surface area contributed by atoms with Crippen molar-refractivity contribution in [2.75, 3.05) is 17.4 Å². The number of hydrogen-bond donors (Lipinski definition) is 1. The lowest BCUT2D eigenvalue weighted by Crippen LogP contribution is -2.51. The van der Waals surface area contributed by atoms with Crippen molar-refractivity contribution in [3.05, 3.63) is 95.5 Å². The first-order valence-electron chi connectivity index (χ1n) is 12.2. The van der Waals surface area contributed by atoms with Crippen LogP contribution in [0.4, 0.5) is 5.69 Å². The molecule has 2 amide bonds. The van der Waals surface area contributed by atoms with Gasteiger partial charge in [-0.2, -0.15) is 0 Å². The number of rotatable bonds is 12. The highest BCUT2D eigenvalue weighted by Gasteiger charge is 2.32. The molecule has 7 nitrogen and oxygen atoms in total. The van der Waals surface area contributed by atoms with Crippen LogP contribution in [0.25, 0.3) is 0 Å². The van der Waals surface area contributed by atoms with E-state index in [-0.39, 0.29) is 17.3 Å². The summed E-state index contributed by atoms with van der Waals surface area (Å²) in [5.74, 6) is -0.793. The van der Waals surface area contributed by atoms with E-state index in [9.17, 15) is 18.0 Å². The zero-order valence-electron chi connectivity index (χ0n) is 21.0. The van der Waals surface area contributed by atoms with Crippen LogP contribution in [-0.2, 0) is 26.2 Å². The Morgan fingerprint density at radius 1 is 0.919 bits per heavy atom. The molecule has 196 valence electrons. The quantitative estimate of drug-likeness (QED) is 0.331. The second-order valence-corrected chi connectivity index (χ2v) is 10.9. The number of hydrogen-bond acceptors (Lipinski definition) is 4. The van der Waals surface area contributed by atoms with E-state index in [1.54, 1.807) is 49.4 Å². The van der Waals surface area contributed by atoms with E-state index in [1.807, 2.05) is 37.3 Å². The zero-order valence-corrected chi connectivity index (χ0v) is 22.6. The summed E-state index contributed by atoms with van der Waals surface area (Å²) in [6.07, 6.45) is 1.75. The molecule has 0 radical (unpaired) electrons. The zero-order chi connectivity index (χ0) is 26.8. The Labute approximate surface area is 224 Å². The maximum atomic E-state index is 13.8. The molecule has 1 atom stereocenters. The van der Waals surface area contributed by atoms with Gasteiger partial charge in [-0.25, -0.2) is 8.42 Å². The number of amides is 2. The van der Waals surface area contributed by atoms with Gasteiger partial charge in [-0.05, 0) is 55.3 Å². The smallest absolute Gasteiger partial charge is 0.264 e. The van der Waals surface area contributed by atoms with Crippen molar-refractivity contribution >= 4 is 39.1 Å². The fraction of sp³-hybridized carbons (Fsp3) is 0.286. The molecule has 37 heavy (non-hydrogen) atoms. The Morgan fingerprint density at radius 3 is 2.11 bits per heavy atom. The molecule has 0 heterocycles. The van der Waals surface area contributed by atoms with Crippen LogP contribution in [0.5, 0.6) is 0 Å². The predicted molar refractivity (Wildman–Crippen MR) is 147 cm³/mol. The summed E-state index contributed by atoms with van der Waals surface area (Å²) in [5.41, 5.74) is 1.12. The van der Waals surface area contributed by atoms with Gasteiger partial charge in [0.05, 0.1) is 10.6 Å². The number of carbonyl (C=O) groups is 2. The lowest BCUT2D eigenvalue weighted by atomic mass is 10.1. The molecule has 3 aromatic carbocycles. The van der Waals surface area contributed by atoms with Gasteiger partial charge in [0.15, 0.2) is 0 Å². The molecule has 0 aliphatic rings. The number of unbranched alkanes of at least 4 members (excludes halogenated alkanes) is 1. The van der Waals surface area contributed by atoms with Gasteiger partial charge in [-0.1, -0.05) is 73.5 Å². The summed E-state index contributed by atoms with van der Waals surface area (Å²) < 4.78 is 28.4. The van der Waals surface area contributed by atoms with Crippen LogP contribution in [0.1, 0.15) is 32.3 Å². The Kier molecular flexibility index (Phi) is 10.1. The third-order valence-electron chi connectivity index (χ3n) is 5.92. The third kappa shape index (κ3) is 7.57. The van der Waals surface area contributed by atoms with E-state index in [4.69, 9.17) is 11.6 Å². The van der Waals surface area contributed by atoms with E-state index >= 15 is 0 Å². The second-order valence-electron chi connectivity index (χ2n) is 8.63. The Morgan fingerprint density at radius 2 is 1.51 bits per heavy atom. The minimum atomic E-state index is -4.09. The third-order valence-corrected chi connectivity index (χ3v) is 7.96. The van der Waals surface area contributed by atoms with Gasteiger partial charge in [0.2, 0.25) is 11.8 Å². The maximum Gasteiger partial charge on any atom is 0.264 e. The molecule has 0 aliphatic heterocycles. The first-order chi connectivity index (χ1) is 17.7. The average molecular weight is 542 g/mol. The summed E-state index contributed by atoms with van der Waals surface area (Å²) in [6, 6.07) is 22.7. The van der Waals surface area contributed by atoms with Crippen molar-refractivity contribution in [2.45, 2.75) is 44.2 Å². The van der Waals surface area contributed by atoms with E-state index in [0.717, 1.165) is 22.7 Å². The molecule has 0 aliphatic carbocycles. The molecule has 0 bridgehead atoms. The van der Waals surface area contributed by atoms with Crippen LogP contribution in [0.2, 0.25) is 5.02 Å². The summed E-state index contributed by atoms with van der Waals surface area (Å²) in [5, 5.41) is 3.31. The number of benzene rings is 3. The normalized spacial score (nSPS) is 12.0. The second kappa shape index (κ2) is 13.3. The number of carbonyl (C=O) groups excluding carboxylic acids is 2. The fourth-order valence-corrected chi connectivity index (χ4v) is 5.32. The average Bonchev–Trinajstić information content (AvgIpc) is 2.91. The van der Waals surface area contributed by atoms with Crippen molar-refractivity contribution in [1.82, 2.24) is 10.2 Å². The highest BCUT2D eigenvalue weighted by molar-refractivity contribution is 7.92. The molecular formula is C28H32ClN3O4S. The van der Waals surface area contributed by atoms with Crippen LogP contribution in [0.15, 0.2) is 89.8 Å². The Bertz CT molecular complexity index is 1270. The van der Waals surface area contributed by atoms with Crippen molar-refractivity contribution in [3.63, 3.8) is 0 Å². The summed E-state index contributed by atoms with van der Waals surface area (Å²) >= 11 is 6.04. The highest BCUT2D eigenvalue weighted by Crippen LogP contribution is 2.26. The summed E-state index contributed by atoms with van der Waals surface area (Å²) in [4.78, 5) is 28.2.